The number of esters is 1. The molecule has 0 aliphatic carbocycles. The molecule has 1 aromatic carbocycles. The Morgan fingerprint density at radius 1 is 1.22 bits per heavy atom. The molecule has 1 aromatic heterocycles. The van der Waals surface area contributed by atoms with E-state index in [1.54, 1.807) is 0 Å². The molecule has 0 saturated heterocycles. The van der Waals surface area contributed by atoms with Crippen LogP contribution < -0.4 is 16.6 Å². The van der Waals surface area contributed by atoms with Crippen molar-refractivity contribution in [3.63, 3.8) is 0 Å². The normalized spacial score (nSPS) is 11.1. The number of carbonyl (C=O) groups excluding carboxylic acids is 2. The summed E-state index contributed by atoms with van der Waals surface area (Å²) in [5, 5.41) is 1.96. The first-order valence-corrected chi connectivity index (χ1v) is 7.56. The monoisotopic (exact) mass is 405 g/mol. The zero-order chi connectivity index (χ0) is 20.2. The molecule has 2 aromatic rings. The first-order chi connectivity index (χ1) is 12.6. The number of H-pyrrole nitrogens is 1. The van der Waals surface area contributed by atoms with Gasteiger partial charge in [-0.05, 0) is 18.2 Å². The third-order valence-corrected chi connectivity index (χ3v) is 3.46. The van der Waals surface area contributed by atoms with E-state index in [0.717, 1.165) is 29.0 Å². The summed E-state index contributed by atoms with van der Waals surface area (Å²) >= 11 is 5.73. The zero-order valence-electron chi connectivity index (χ0n) is 13.3. The Kier molecular flexibility index (Phi) is 6.05. The number of aromatic amines is 1. The highest BCUT2D eigenvalue weighted by atomic mass is 35.5. The van der Waals surface area contributed by atoms with Gasteiger partial charge in [-0.1, -0.05) is 11.6 Å². The summed E-state index contributed by atoms with van der Waals surface area (Å²) < 4.78 is 43.5. The van der Waals surface area contributed by atoms with Gasteiger partial charge in [-0.15, -0.1) is 0 Å². The molecule has 0 atom stereocenters. The number of hydrogen-bond acceptors (Lipinski definition) is 5. The van der Waals surface area contributed by atoms with E-state index in [-0.39, 0.29) is 10.7 Å². The van der Waals surface area contributed by atoms with Crippen molar-refractivity contribution in [1.29, 1.82) is 0 Å². The topological polar surface area (TPSA) is 110 Å². The standard InChI is InChI=1S/C15H11ClF3N3O5/c16-9-2-1-8(15(17,18)19)5-10(9)20-12(24)7-27-13(25)6-22-4-3-11(23)21-14(22)26/h1-5H,6-7H2,(H,20,24)(H,21,23,26). The first-order valence-electron chi connectivity index (χ1n) is 7.18. The molecule has 0 radical (unpaired) electrons. The lowest BCUT2D eigenvalue weighted by Gasteiger charge is -2.12. The fourth-order valence-corrected chi connectivity index (χ4v) is 2.05. The van der Waals surface area contributed by atoms with Crippen molar-refractivity contribution in [3.8, 4) is 0 Å². The summed E-state index contributed by atoms with van der Waals surface area (Å²) in [6.07, 6.45) is -3.56. The van der Waals surface area contributed by atoms with Crippen LogP contribution in [-0.4, -0.2) is 28.0 Å². The van der Waals surface area contributed by atoms with Gasteiger partial charge in [0, 0.05) is 12.3 Å². The van der Waals surface area contributed by atoms with Crippen LogP contribution in [0.2, 0.25) is 5.02 Å². The Morgan fingerprint density at radius 3 is 2.56 bits per heavy atom. The van der Waals surface area contributed by atoms with Crippen LogP contribution in [0.3, 0.4) is 0 Å². The predicted molar refractivity (Wildman–Crippen MR) is 87.4 cm³/mol. The second-order valence-electron chi connectivity index (χ2n) is 5.14. The molecular weight excluding hydrogens is 395 g/mol. The van der Waals surface area contributed by atoms with Gasteiger partial charge in [-0.2, -0.15) is 13.2 Å². The highest BCUT2D eigenvalue weighted by Crippen LogP contribution is 2.33. The van der Waals surface area contributed by atoms with E-state index < -0.39 is 48.0 Å². The molecule has 2 rings (SSSR count). The average molecular weight is 406 g/mol. The Hall–Kier alpha value is -3.08. The third-order valence-electron chi connectivity index (χ3n) is 3.13. The fraction of sp³-hybridized carbons (Fsp3) is 0.200. The summed E-state index contributed by atoms with van der Waals surface area (Å²) in [5.41, 5.74) is -2.82. The molecule has 1 amide bonds. The lowest BCUT2D eigenvalue weighted by molar-refractivity contribution is -0.148. The summed E-state index contributed by atoms with van der Waals surface area (Å²) in [6, 6.07) is 3.37. The number of nitrogens with one attached hydrogen (secondary N) is 2. The van der Waals surface area contributed by atoms with Crippen LogP contribution in [-0.2, 0) is 27.0 Å². The number of aromatic nitrogens is 2. The van der Waals surface area contributed by atoms with Crippen LogP contribution in [0.1, 0.15) is 5.56 Å². The van der Waals surface area contributed by atoms with E-state index in [2.05, 4.69) is 10.1 Å². The van der Waals surface area contributed by atoms with E-state index >= 15 is 0 Å². The Labute approximate surface area is 153 Å². The van der Waals surface area contributed by atoms with Crippen molar-refractivity contribution in [2.45, 2.75) is 12.7 Å². The largest absolute Gasteiger partial charge is 0.454 e. The van der Waals surface area contributed by atoms with Gasteiger partial charge < -0.3 is 10.1 Å². The van der Waals surface area contributed by atoms with Crippen LogP contribution in [0.4, 0.5) is 18.9 Å². The molecule has 0 fully saturated rings. The quantitative estimate of drug-likeness (QED) is 0.730. The average Bonchev–Trinajstić information content (AvgIpc) is 2.56. The minimum Gasteiger partial charge on any atom is -0.454 e. The maximum absolute atomic E-state index is 12.7. The van der Waals surface area contributed by atoms with E-state index in [0.29, 0.717) is 6.07 Å². The van der Waals surface area contributed by atoms with Crippen molar-refractivity contribution in [2.24, 2.45) is 0 Å². The van der Waals surface area contributed by atoms with E-state index in [9.17, 15) is 32.3 Å². The molecule has 144 valence electrons. The zero-order valence-corrected chi connectivity index (χ0v) is 14.1. The van der Waals surface area contributed by atoms with Gasteiger partial charge in [0.15, 0.2) is 6.61 Å². The van der Waals surface area contributed by atoms with Gasteiger partial charge in [-0.25, -0.2) is 4.79 Å². The van der Waals surface area contributed by atoms with Gasteiger partial charge in [0.1, 0.15) is 6.54 Å². The molecular formula is C15H11ClF3N3O5. The van der Waals surface area contributed by atoms with Crippen LogP contribution in [0, 0.1) is 0 Å². The maximum atomic E-state index is 12.7. The van der Waals surface area contributed by atoms with Crippen LogP contribution in [0.15, 0.2) is 40.1 Å². The number of carbonyl (C=O) groups is 2. The molecule has 8 nitrogen and oxygen atoms in total. The number of ether oxygens (including phenoxy) is 1. The highest BCUT2D eigenvalue weighted by molar-refractivity contribution is 6.33. The lowest BCUT2D eigenvalue weighted by Crippen LogP contribution is -2.32. The SMILES string of the molecule is O=C(COC(=O)Cn1ccc(=O)[nH]c1=O)Nc1cc(C(F)(F)F)ccc1Cl. The number of amides is 1. The maximum Gasteiger partial charge on any atom is 0.416 e. The van der Waals surface area contributed by atoms with Crippen molar-refractivity contribution in [1.82, 2.24) is 9.55 Å². The number of benzene rings is 1. The molecule has 0 saturated carbocycles. The van der Waals surface area contributed by atoms with Gasteiger partial charge >= 0.3 is 17.8 Å². The minimum atomic E-state index is -4.62. The predicted octanol–water partition coefficient (Wildman–Crippen LogP) is 1.39. The Balaban J connectivity index is 1.95. The summed E-state index contributed by atoms with van der Waals surface area (Å²) in [5.74, 6) is -1.91. The van der Waals surface area contributed by atoms with Gasteiger partial charge in [0.05, 0.1) is 16.3 Å². The second kappa shape index (κ2) is 8.08. The molecule has 0 spiro atoms. The van der Waals surface area contributed by atoms with E-state index in [4.69, 9.17) is 11.6 Å². The molecule has 27 heavy (non-hydrogen) atoms. The lowest BCUT2D eigenvalue weighted by atomic mass is 10.2. The van der Waals surface area contributed by atoms with Crippen LogP contribution >= 0.6 is 11.6 Å². The summed E-state index contributed by atoms with van der Waals surface area (Å²) in [4.78, 5) is 47.6. The Bertz CT molecular complexity index is 984. The first kappa shape index (κ1) is 20.2. The number of alkyl halides is 3. The van der Waals surface area contributed by atoms with Crippen molar-refractivity contribution < 1.29 is 27.5 Å². The third kappa shape index (κ3) is 5.71. The molecule has 0 aliphatic rings. The minimum absolute atomic E-state index is 0.137. The van der Waals surface area contributed by atoms with Crippen molar-refractivity contribution in [2.75, 3.05) is 11.9 Å². The van der Waals surface area contributed by atoms with Gasteiger partial charge in [-0.3, -0.25) is 23.9 Å². The number of hydrogen-bond donors (Lipinski definition) is 2. The number of anilines is 1. The van der Waals surface area contributed by atoms with Crippen LogP contribution in [0.25, 0.3) is 0 Å². The van der Waals surface area contributed by atoms with Crippen molar-refractivity contribution >= 4 is 29.2 Å². The van der Waals surface area contributed by atoms with Gasteiger partial charge in [0.2, 0.25) is 0 Å². The Morgan fingerprint density at radius 2 is 1.93 bits per heavy atom. The van der Waals surface area contributed by atoms with E-state index in [1.165, 1.54) is 0 Å². The summed E-state index contributed by atoms with van der Waals surface area (Å²) in [6.45, 7) is -1.39. The smallest absolute Gasteiger partial charge is 0.416 e. The molecule has 0 aliphatic heterocycles. The molecule has 12 heteroatoms. The molecule has 1 heterocycles. The van der Waals surface area contributed by atoms with Gasteiger partial charge in [0.25, 0.3) is 11.5 Å². The van der Waals surface area contributed by atoms with Crippen LogP contribution in [0.5, 0.6) is 0 Å². The molecule has 2 N–H and O–H groups in total. The second-order valence-corrected chi connectivity index (χ2v) is 5.55. The fourth-order valence-electron chi connectivity index (χ4n) is 1.88. The number of nitrogens with zero attached hydrogens (tertiary/aromatic N) is 1. The molecule has 0 bridgehead atoms. The van der Waals surface area contributed by atoms with Crippen molar-refractivity contribution in [3.05, 3.63) is 61.9 Å². The highest BCUT2D eigenvalue weighted by Gasteiger charge is 2.31. The molecule has 0 unspecified atom stereocenters. The number of halogens is 4. The van der Waals surface area contributed by atoms with E-state index in [1.807, 2.05) is 4.98 Å². The number of rotatable bonds is 5. The summed E-state index contributed by atoms with van der Waals surface area (Å²) in [7, 11) is 0.